The third-order valence-electron chi connectivity index (χ3n) is 2.97. The molecule has 1 nitrogen and oxygen atoms in total. The van der Waals surface area contributed by atoms with Crippen molar-refractivity contribution in [3.63, 3.8) is 0 Å². The van der Waals surface area contributed by atoms with Gasteiger partial charge in [0.1, 0.15) is 6.29 Å². The monoisotopic (exact) mass is 262 g/mol. The van der Waals surface area contributed by atoms with Crippen LogP contribution in [-0.4, -0.2) is 6.29 Å². The highest BCUT2D eigenvalue weighted by atomic mass is 32.1. The maximum absolute atomic E-state index is 10.9. The molecule has 0 saturated carbocycles. The summed E-state index contributed by atoms with van der Waals surface area (Å²) in [5, 5.41) is 0. The smallest absolute Gasteiger partial charge is 0.145 e. The van der Waals surface area contributed by atoms with Gasteiger partial charge in [-0.25, -0.2) is 0 Å². The molecule has 2 heteroatoms. The van der Waals surface area contributed by atoms with Gasteiger partial charge in [-0.3, -0.25) is 4.79 Å². The van der Waals surface area contributed by atoms with E-state index in [4.69, 9.17) is 0 Å². The van der Waals surface area contributed by atoms with Gasteiger partial charge in [-0.15, -0.1) is 11.3 Å². The number of aryl methyl sites for hydroxylation is 1. The summed E-state index contributed by atoms with van der Waals surface area (Å²) in [5.41, 5.74) is 2.03. The Morgan fingerprint density at radius 3 is 2.44 bits per heavy atom. The molecule has 0 radical (unpaired) electrons. The van der Waals surface area contributed by atoms with E-state index in [0.717, 1.165) is 18.3 Å². The molecule has 0 aromatic carbocycles. The van der Waals surface area contributed by atoms with Crippen molar-refractivity contribution < 1.29 is 4.79 Å². The van der Waals surface area contributed by atoms with Crippen LogP contribution in [0.25, 0.3) is 0 Å². The van der Waals surface area contributed by atoms with Crippen molar-refractivity contribution in [2.45, 2.75) is 46.5 Å². The van der Waals surface area contributed by atoms with Gasteiger partial charge in [-0.1, -0.05) is 24.6 Å². The van der Waals surface area contributed by atoms with E-state index in [1.165, 1.54) is 15.3 Å². The number of carbonyl (C=O) groups is 1. The summed E-state index contributed by atoms with van der Waals surface area (Å²) in [6, 6.07) is 4.32. The van der Waals surface area contributed by atoms with Gasteiger partial charge in [0, 0.05) is 15.2 Å². The molecule has 18 heavy (non-hydrogen) atoms. The number of rotatable bonds is 5. The minimum atomic E-state index is -0.0822. The van der Waals surface area contributed by atoms with Crippen LogP contribution in [0.4, 0.5) is 0 Å². The Morgan fingerprint density at radius 1 is 1.33 bits per heavy atom. The Bertz CT molecular complexity index is 475. The Labute approximate surface area is 114 Å². The number of thiophene rings is 1. The first-order valence-corrected chi connectivity index (χ1v) is 7.04. The Kier molecular flexibility index (Phi) is 5.09. The van der Waals surface area contributed by atoms with Crippen LogP contribution in [-0.2, 0) is 10.2 Å². The van der Waals surface area contributed by atoms with Gasteiger partial charge < -0.3 is 0 Å². The minimum Gasteiger partial charge on any atom is -0.298 e. The lowest BCUT2D eigenvalue weighted by Crippen LogP contribution is -2.17. The molecule has 0 N–H and O–H groups in total. The third-order valence-corrected chi connectivity index (χ3v) is 4.25. The summed E-state index contributed by atoms with van der Waals surface area (Å²) in [7, 11) is 0. The first kappa shape index (κ1) is 14.9. The molecule has 0 fully saturated rings. The van der Waals surface area contributed by atoms with Crippen molar-refractivity contribution in [3.05, 3.63) is 45.2 Å². The van der Waals surface area contributed by atoms with E-state index in [-0.39, 0.29) is 5.41 Å². The topological polar surface area (TPSA) is 17.1 Å². The molecule has 0 spiro atoms. The van der Waals surface area contributed by atoms with E-state index in [9.17, 15) is 4.79 Å². The van der Waals surface area contributed by atoms with Gasteiger partial charge in [0.15, 0.2) is 0 Å². The fourth-order valence-electron chi connectivity index (χ4n) is 1.92. The fraction of sp³-hybridized carbons (Fsp3) is 0.438. The molecule has 98 valence electrons. The number of aldehydes is 1. The number of hydrogen-bond donors (Lipinski definition) is 0. The largest absolute Gasteiger partial charge is 0.298 e. The van der Waals surface area contributed by atoms with Crippen LogP contribution in [0.3, 0.4) is 0 Å². The average Bonchev–Trinajstić information content (AvgIpc) is 2.74. The molecule has 1 aromatic heterocycles. The number of allylic oxidation sites excluding steroid dienone is 4. The molecule has 1 aromatic rings. The van der Waals surface area contributed by atoms with E-state index in [1.807, 2.05) is 18.3 Å². The molecular weight excluding hydrogens is 240 g/mol. The Hall–Kier alpha value is -1.15. The molecule has 1 atom stereocenters. The highest BCUT2D eigenvalue weighted by molar-refractivity contribution is 7.12. The first-order chi connectivity index (χ1) is 8.37. The zero-order chi connectivity index (χ0) is 13.8. The molecule has 0 aliphatic carbocycles. The minimum absolute atomic E-state index is 0.0822. The zero-order valence-corrected chi connectivity index (χ0v) is 12.7. The van der Waals surface area contributed by atoms with Crippen LogP contribution >= 0.6 is 11.3 Å². The van der Waals surface area contributed by atoms with Crippen LogP contribution in [0, 0.1) is 6.92 Å². The van der Waals surface area contributed by atoms with Gasteiger partial charge in [0.25, 0.3) is 0 Å². The van der Waals surface area contributed by atoms with E-state index < -0.39 is 0 Å². The van der Waals surface area contributed by atoms with Crippen LogP contribution in [0.2, 0.25) is 0 Å². The SMILES string of the molecule is CC(C)=CCC(C)(/C=C(\C)C=O)c1ccc(C)s1. The lowest BCUT2D eigenvalue weighted by atomic mass is 9.83. The molecule has 0 bridgehead atoms. The van der Waals surface area contributed by atoms with Crippen molar-refractivity contribution in [3.8, 4) is 0 Å². The van der Waals surface area contributed by atoms with Crippen molar-refractivity contribution in [1.29, 1.82) is 0 Å². The van der Waals surface area contributed by atoms with Crippen molar-refractivity contribution in [2.75, 3.05) is 0 Å². The highest BCUT2D eigenvalue weighted by Crippen LogP contribution is 2.35. The molecule has 1 rings (SSSR count). The molecule has 1 unspecified atom stereocenters. The van der Waals surface area contributed by atoms with Crippen molar-refractivity contribution >= 4 is 17.6 Å². The van der Waals surface area contributed by atoms with Gasteiger partial charge in [-0.05, 0) is 51.8 Å². The standard InChI is InChI=1S/C16H22OS/c1-12(2)8-9-16(5,10-13(3)11-17)15-7-6-14(4)18-15/h6-8,10-11H,9H2,1-5H3/b13-10+. The van der Waals surface area contributed by atoms with Gasteiger partial charge >= 0.3 is 0 Å². The van der Waals surface area contributed by atoms with Gasteiger partial charge in [0.05, 0.1) is 0 Å². The molecule has 0 aliphatic rings. The van der Waals surface area contributed by atoms with Crippen molar-refractivity contribution in [2.24, 2.45) is 0 Å². The van der Waals surface area contributed by atoms with Crippen LogP contribution in [0.5, 0.6) is 0 Å². The summed E-state index contributed by atoms with van der Waals surface area (Å²) in [5.74, 6) is 0. The third kappa shape index (κ3) is 3.95. The second-order valence-corrected chi connectivity index (χ2v) is 6.61. The van der Waals surface area contributed by atoms with E-state index >= 15 is 0 Å². The van der Waals surface area contributed by atoms with Crippen LogP contribution < -0.4 is 0 Å². The fourth-order valence-corrected chi connectivity index (χ4v) is 2.92. The lowest BCUT2D eigenvalue weighted by molar-refractivity contribution is -0.104. The van der Waals surface area contributed by atoms with Crippen LogP contribution in [0.15, 0.2) is 35.4 Å². The molecule has 0 saturated heterocycles. The van der Waals surface area contributed by atoms with Crippen molar-refractivity contribution in [1.82, 2.24) is 0 Å². The van der Waals surface area contributed by atoms with E-state index in [0.29, 0.717) is 0 Å². The summed E-state index contributed by atoms with van der Waals surface area (Å²) in [6.45, 7) is 10.4. The summed E-state index contributed by atoms with van der Waals surface area (Å²) in [4.78, 5) is 13.5. The summed E-state index contributed by atoms with van der Waals surface area (Å²) >= 11 is 1.81. The predicted molar refractivity (Wildman–Crippen MR) is 80.3 cm³/mol. The maximum Gasteiger partial charge on any atom is 0.145 e. The molecular formula is C16H22OS. The second kappa shape index (κ2) is 6.14. The molecule has 1 heterocycles. The average molecular weight is 262 g/mol. The number of carbonyl (C=O) groups excluding carboxylic acids is 1. The van der Waals surface area contributed by atoms with Gasteiger partial charge in [0.2, 0.25) is 0 Å². The first-order valence-electron chi connectivity index (χ1n) is 6.22. The lowest BCUT2D eigenvalue weighted by Gasteiger charge is -2.24. The normalized spacial score (nSPS) is 15.1. The second-order valence-electron chi connectivity index (χ2n) is 5.32. The van der Waals surface area contributed by atoms with Crippen LogP contribution in [0.1, 0.15) is 43.9 Å². The Balaban J connectivity index is 3.16. The summed E-state index contributed by atoms with van der Waals surface area (Å²) in [6.07, 6.45) is 6.19. The highest BCUT2D eigenvalue weighted by Gasteiger charge is 2.24. The molecule has 0 amide bonds. The maximum atomic E-state index is 10.9. The van der Waals surface area contributed by atoms with E-state index in [1.54, 1.807) is 0 Å². The number of hydrogen-bond acceptors (Lipinski definition) is 2. The predicted octanol–water partition coefficient (Wildman–Crippen LogP) is 4.82. The Morgan fingerprint density at radius 2 is 2.00 bits per heavy atom. The zero-order valence-electron chi connectivity index (χ0n) is 11.9. The van der Waals surface area contributed by atoms with Gasteiger partial charge in [-0.2, -0.15) is 0 Å². The van der Waals surface area contributed by atoms with E-state index in [2.05, 4.69) is 52.0 Å². The quantitative estimate of drug-likeness (QED) is 0.422. The summed E-state index contributed by atoms with van der Waals surface area (Å²) < 4.78 is 0. The molecule has 0 aliphatic heterocycles.